The van der Waals surface area contributed by atoms with Gasteiger partial charge in [0.15, 0.2) is 0 Å². The van der Waals surface area contributed by atoms with E-state index in [0.717, 1.165) is 10.0 Å². The molecule has 0 aliphatic heterocycles. The molecule has 0 radical (unpaired) electrons. The average molecular weight is 315 g/mol. The number of amides is 2. The molecule has 0 unspecified atom stereocenters. The van der Waals surface area contributed by atoms with Crippen molar-refractivity contribution in [1.82, 2.24) is 5.32 Å². The van der Waals surface area contributed by atoms with E-state index in [0.29, 0.717) is 6.42 Å². The number of halogens is 1. The third-order valence-corrected chi connectivity index (χ3v) is 2.78. The van der Waals surface area contributed by atoms with Gasteiger partial charge < -0.3 is 15.8 Å². The fraction of sp³-hybridized carbons (Fsp3) is 0.333. The monoisotopic (exact) mass is 314 g/mol. The number of nitrogens with two attached hydrogens (primary N) is 1. The molecule has 5 nitrogen and oxygen atoms in total. The van der Waals surface area contributed by atoms with Crippen LogP contribution in [0.3, 0.4) is 0 Å². The topological polar surface area (TPSA) is 81.4 Å². The molecule has 1 aromatic carbocycles. The molecule has 3 N–H and O–H groups in total. The Kier molecular flexibility index (Phi) is 5.80. The molecule has 0 aliphatic carbocycles. The summed E-state index contributed by atoms with van der Waals surface area (Å²) in [7, 11) is 1.41. The first-order valence-electron chi connectivity index (χ1n) is 5.35. The van der Waals surface area contributed by atoms with Gasteiger partial charge in [-0.15, -0.1) is 0 Å². The molecule has 2 amide bonds. The zero-order valence-corrected chi connectivity index (χ0v) is 11.6. The predicted octanol–water partition coefficient (Wildman–Crippen LogP) is 0.608. The number of nitrogens with one attached hydrogen (secondary N) is 1. The highest BCUT2D eigenvalue weighted by Crippen LogP contribution is 2.13. The van der Waals surface area contributed by atoms with Gasteiger partial charge in [-0.05, 0) is 17.7 Å². The van der Waals surface area contributed by atoms with E-state index in [1.165, 1.54) is 7.11 Å². The van der Waals surface area contributed by atoms with E-state index in [4.69, 9.17) is 5.73 Å². The lowest BCUT2D eigenvalue weighted by atomic mass is 10.1. The van der Waals surface area contributed by atoms with Crippen LogP contribution in [0.5, 0.6) is 0 Å². The van der Waals surface area contributed by atoms with Crippen LogP contribution in [0.1, 0.15) is 5.56 Å². The molecule has 0 saturated carbocycles. The first-order chi connectivity index (χ1) is 8.52. The Morgan fingerprint density at radius 2 is 2.22 bits per heavy atom. The molecular formula is C12H15BrN2O3. The molecule has 1 aromatic rings. The van der Waals surface area contributed by atoms with Gasteiger partial charge in [0.05, 0.1) is 0 Å². The van der Waals surface area contributed by atoms with Crippen molar-refractivity contribution >= 4 is 27.7 Å². The third-order valence-electron chi connectivity index (χ3n) is 2.28. The van der Waals surface area contributed by atoms with Crippen LogP contribution >= 0.6 is 15.9 Å². The van der Waals surface area contributed by atoms with Crippen LogP contribution in [0.4, 0.5) is 0 Å². The van der Waals surface area contributed by atoms with E-state index >= 15 is 0 Å². The van der Waals surface area contributed by atoms with E-state index in [1.54, 1.807) is 0 Å². The molecule has 0 aromatic heterocycles. The number of primary amides is 1. The Balaban J connectivity index is 2.69. The zero-order chi connectivity index (χ0) is 13.5. The van der Waals surface area contributed by atoms with E-state index < -0.39 is 11.9 Å². The minimum Gasteiger partial charge on any atom is -0.375 e. The summed E-state index contributed by atoms with van der Waals surface area (Å²) < 4.78 is 5.59. The lowest BCUT2D eigenvalue weighted by Gasteiger charge is -2.15. The summed E-state index contributed by atoms with van der Waals surface area (Å²) in [5.41, 5.74) is 6.17. The van der Waals surface area contributed by atoms with Gasteiger partial charge in [0.25, 0.3) is 0 Å². The van der Waals surface area contributed by atoms with Crippen LogP contribution in [-0.2, 0) is 20.7 Å². The van der Waals surface area contributed by atoms with Crippen molar-refractivity contribution in [3.05, 3.63) is 34.3 Å². The molecule has 0 heterocycles. The van der Waals surface area contributed by atoms with Crippen molar-refractivity contribution in [3.63, 3.8) is 0 Å². The second kappa shape index (κ2) is 7.13. The largest absolute Gasteiger partial charge is 0.375 e. The number of rotatable bonds is 6. The van der Waals surface area contributed by atoms with Crippen molar-refractivity contribution < 1.29 is 14.3 Å². The van der Waals surface area contributed by atoms with Gasteiger partial charge in [-0.2, -0.15) is 0 Å². The van der Waals surface area contributed by atoms with E-state index in [2.05, 4.69) is 26.0 Å². The highest BCUT2D eigenvalue weighted by atomic mass is 79.9. The van der Waals surface area contributed by atoms with Crippen LogP contribution in [0.25, 0.3) is 0 Å². The summed E-state index contributed by atoms with van der Waals surface area (Å²) in [6, 6.07) is 6.74. The first kappa shape index (κ1) is 14.7. The Hall–Kier alpha value is -1.40. The van der Waals surface area contributed by atoms with Crippen LogP contribution < -0.4 is 11.1 Å². The number of hydrogen-bond acceptors (Lipinski definition) is 3. The normalized spacial score (nSPS) is 11.9. The lowest BCUT2D eigenvalue weighted by Crippen LogP contribution is -2.46. The minimum atomic E-state index is -0.734. The summed E-state index contributed by atoms with van der Waals surface area (Å²) in [5.74, 6) is -0.935. The zero-order valence-electron chi connectivity index (χ0n) is 9.98. The fourth-order valence-electron chi connectivity index (χ4n) is 1.49. The molecule has 18 heavy (non-hydrogen) atoms. The van der Waals surface area contributed by atoms with Crippen LogP contribution in [0.2, 0.25) is 0 Å². The SMILES string of the molecule is COCC(=O)N[C@H](Cc1cccc(Br)c1)C(N)=O. The van der Waals surface area contributed by atoms with Crippen molar-refractivity contribution in [1.29, 1.82) is 0 Å². The fourth-order valence-corrected chi connectivity index (χ4v) is 1.94. The maximum Gasteiger partial charge on any atom is 0.246 e. The van der Waals surface area contributed by atoms with Gasteiger partial charge >= 0.3 is 0 Å². The highest BCUT2D eigenvalue weighted by molar-refractivity contribution is 9.10. The minimum absolute atomic E-state index is 0.0950. The van der Waals surface area contributed by atoms with Gasteiger partial charge in [0.2, 0.25) is 11.8 Å². The summed E-state index contributed by atoms with van der Waals surface area (Å²) >= 11 is 3.34. The van der Waals surface area contributed by atoms with E-state index in [1.807, 2.05) is 24.3 Å². The number of benzene rings is 1. The lowest BCUT2D eigenvalue weighted by molar-refractivity contribution is -0.129. The summed E-state index contributed by atoms with van der Waals surface area (Å²) in [6.07, 6.45) is 0.351. The number of ether oxygens (including phenoxy) is 1. The molecule has 0 fully saturated rings. The Morgan fingerprint density at radius 3 is 2.78 bits per heavy atom. The van der Waals surface area contributed by atoms with E-state index in [9.17, 15) is 9.59 Å². The molecule has 1 rings (SSSR count). The molecule has 0 saturated heterocycles. The number of methoxy groups -OCH3 is 1. The predicted molar refractivity (Wildman–Crippen MR) is 70.8 cm³/mol. The molecule has 0 aliphatic rings. The van der Waals surface area contributed by atoms with Crippen LogP contribution in [0, 0.1) is 0 Å². The number of carbonyl (C=O) groups excluding carboxylic acids is 2. The summed E-state index contributed by atoms with van der Waals surface area (Å²) in [6.45, 7) is -0.0950. The summed E-state index contributed by atoms with van der Waals surface area (Å²) in [5, 5.41) is 2.53. The second-order valence-electron chi connectivity index (χ2n) is 3.79. The molecule has 6 heteroatoms. The molecular weight excluding hydrogens is 300 g/mol. The Labute approximate surface area is 114 Å². The Morgan fingerprint density at radius 1 is 1.50 bits per heavy atom. The van der Waals surface area contributed by atoms with Gasteiger partial charge in [-0.3, -0.25) is 9.59 Å². The maximum absolute atomic E-state index is 11.4. The number of hydrogen-bond donors (Lipinski definition) is 2. The van der Waals surface area contributed by atoms with Crippen LogP contribution in [0.15, 0.2) is 28.7 Å². The smallest absolute Gasteiger partial charge is 0.246 e. The maximum atomic E-state index is 11.4. The van der Waals surface area contributed by atoms with Crippen molar-refractivity contribution in [2.75, 3.05) is 13.7 Å². The average Bonchev–Trinajstić information content (AvgIpc) is 2.28. The molecule has 0 bridgehead atoms. The highest BCUT2D eigenvalue weighted by Gasteiger charge is 2.18. The quantitative estimate of drug-likeness (QED) is 0.807. The van der Waals surface area contributed by atoms with Crippen molar-refractivity contribution in [2.45, 2.75) is 12.5 Å². The van der Waals surface area contributed by atoms with Crippen molar-refractivity contribution in [3.8, 4) is 0 Å². The van der Waals surface area contributed by atoms with Gasteiger partial charge in [-0.25, -0.2) is 0 Å². The van der Waals surface area contributed by atoms with E-state index in [-0.39, 0.29) is 12.5 Å². The van der Waals surface area contributed by atoms with Crippen molar-refractivity contribution in [2.24, 2.45) is 5.73 Å². The van der Waals surface area contributed by atoms with Gasteiger partial charge in [0.1, 0.15) is 12.6 Å². The first-order valence-corrected chi connectivity index (χ1v) is 6.14. The third kappa shape index (κ3) is 4.85. The molecule has 0 spiro atoms. The van der Waals surface area contributed by atoms with Gasteiger partial charge in [0, 0.05) is 18.0 Å². The standard InChI is InChI=1S/C12H15BrN2O3/c1-18-7-11(16)15-10(12(14)17)6-8-3-2-4-9(13)5-8/h2-5,10H,6-7H2,1H3,(H2,14,17)(H,15,16)/t10-/m1/s1. The van der Waals surface area contributed by atoms with Gasteiger partial charge in [-0.1, -0.05) is 28.1 Å². The Bertz CT molecular complexity index is 437. The number of carbonyl (C=O) groups is 2. The summed E-state index contributed by atoms with van der Waals surface area (Å²) in [4.78, 5) is 22.6. The molecule has 1 atom stereocenters. The second-order valence-corrected chi connectivity index (χ2v) is 4.71. The molecule has 98 valence electrons. The van der Waals surface area contributed by atoms with Crippen LogP contribution in [-0.4, -0.2) is 31.6 Å².